The highest BCUT2D eigenvalue weighted by molar-refractivity contribution is 5.93. The van der Waals surface area contributed by atoms with Gasteiger partial charge in [0, 0.05) is 38.3 Å². The predicted molar refractivity (Wildman–Crippen MR) is 102 cm³/mol. The largest absolute Gasteiger partial charge is 0.342 e. The Morgan fingerprint density at radius 3 is 2.63 bits per heavy atom. The van der Waals surface area contributed by atoms with Gasteiger partial charge in [0.05, 0.1) is 11.8 Å². The van der Waals surface area contributed by atoms with Crippen LogP contribution in [0.1, 0.15) is 38.7 Å². The van der Waals surface area contributed by atoms with E-state index in [-0.39, 0.29) is 42.0 Å². The van der Waals surface area contributed by atoms with Gasteiger partial charge in [0.25, 0.3) is 0 Å². The smallest absolute Gasteiger partial charge is 0.230 e. The number of nitrogens with zero attached hydrogens (tertiary/aromatic N) is 3. The number of hydrogen-bond donors (Lipinski definition) is 1. The van der Waals surface area contributed by atoms with Crippen molar-refractivity contribution in [1.82, 2.24) is 14.8 Å². The predicted octanol–water partition coefficient (Wildman–Crippen LogP) is 1.82. The number of likely N-dealkylation sites (tertiary alicyclic amines) is 2. The Hall–Kier alpha value is -2.44. The van der Waals surface area contributed by atoms with Crippen molar-refractivity contribution in [2.75, 3.05) is 25.0 Å². The van der Waals surface area contributed by atoms with Crippen molar-refractivity contribution < 1.29 is 14.4 Å². The lowest BCUT2D eigenvalue weighted by Gasteiger charge is -2.33. The van der Waals surface area contributed by atoms with Crippen molar-refractivity contribution in [1.29, 1.82) is 0 Å². The SMILES string of the molecule is Cc1ccc(NC(=O)C2CCCN(C(=O)C3CC(=O)N(C(C)C)C3)C2)nc1. The summed E-state index contributed by atoms with van der Waals surface area (Å²) in [6.45, 7) is 7.41. The van der Waals surface area contributed by atoms with Crippen LogP contribution in [0.3, 0.4) is 0 Å². The van der Waals surface area contributed by atoms with E-state index in [1.165, 1.54) is 0 Å². The number of rotatable bonds is 4. The van der Waals surface area contributed by atoms with Crippen molar-refractivity contribution in [3.8, 4) is 0 Å². The Morgan fingerprint density at radius 2 is 2.00 bits per heavy atom. The van der Waals surface area contributed by atoms with Crippen molar-refractivity contribution >= 4 is 23.5 Å². The first-order valence-electron chi connectivity index (χ1n) is 9.67. The molecule has 0 saturated carbocycles. The van der Waals surface area contributed by atoms with E-state index in [0.717, 1.165) is 18.4 Å². The molecule has 2 unspecified atom stereocenters. The first-order chi connectivity index (χ1) is 12.8. The van der Waals surface area contributed by atoms with E-state index in [1.54, 1.807) is 22.1 Å². The number of piperidine rings is 1. The lowest BCUT2D eigenvalue weighted by atomic mass is 9.95. The van der Waals surface area contributed by atoms with Gasteiger partial charge in [-0.25, -0.2) is 4.98 Å². The average Bonchev–Trinajstić information content (AvgIpc) is 3.05. The number of hydrogen-bond acceptors (Lipinski definition) is 4. The maximum Gasteiger partial charge on any atom is 0.230 e. The number of amides is 3. The normalized spacial score (nSPS) is 23.0. The molecule has 3 amide bonds. The van der Waals surface area contributed by atoms with Crippen LogP contribution in [0.4, 0.5) is 5.82 Å². The molecule has 2 aliphatic rings. The second kappa shape index (κ2) is 8.06. The Morgan fingerprint density at radius 1 is 1.22 bits per heavy atom. The summed E-state index contributed by atoms with van der Waals surface area (Å²) in [5.41, 5.74) is 1.03. The second-order valence-corrected chi connectivity index (χ2v) is 7.87. The first-order valence-corrected chi connectivity index (χ1v) is 9.67. The lowest BCUT2D eigenvalue weighted by Crippen LogP contribution is -2.46. The number of carbonyl (C=O) groups is 3. The summed E-state index contributed by atoms with van der Waals surface area (Å²) in [4.78, 5) is 45.3. The monoisotopic (exact) mass is 372 g/mol. The zero-order valence-electron chi connectivity index (χ0n) is 16.3. The van der Waals surface area contributed by atoms with Crippen LogP contribution in [0.2, 0.25) is 0 Å². The summed E-state index contributed by atoms with van der Waals surface area (Å²) in [7, 11) is 0. The van der Waals surface area contributed by atoms with Crippen LogP contribution in [0.5, 0.6) is 0 Å². The number of anilines is 1. The minimum atomic E-state index is -0.291. The Balaban J connectivity index is 1.58. The third kappa shape index (κ3) is 4.46. The Bertz CT molecular complexity index is 716. The van der Waals surface area contributed by atoms with Gasteiger partial charge in [-0.1, -0.05) is 6.07 Å². The maximum absolute atomic E-state index is 12.9. The van der Waals surface area contributed by atoms with Crippen LogP contribution in [0.15, 0.2) is 18.3 Å². The molecule has 1 N–H and O–H groups in total. The van der Waals surface area contributed by atoms with Crippen LogP contribution in [0.25, 0.3) is 0 Å². The highest BCUT2D eigenvalue weighted by Crippen LogP contribution is 2.25. The summed E-state index contributed by atoms with van der Waals surface area (Å²) in [5, 5.41) is 2.85. The van der Waals surface area contributed by atoms with Crippen LogP contribution in [-0.2, 0) is 14.4 Å². The molecule has 27 heavy (non-hydrogen) atoms. The summed E-state index contributed by atoms with van der Waals surface area (Å²) in [6.07, 6.45) is 3.53. The van der Waals surface area contributed by atoms with E-state index in [0.29, 0.717) is 25.5 Å². The van der Waals surface area contributed by atoms with Crippen LogP contribution in [-0.4, -0.2) is 58.2 Å². The molecule has 0 bridgehead atoms. The molecule has 146 valence electrons. The number of carbonyl (C=O) groups excluding carboxylic acids is 3. The zero-order chi connectivity index (χ0) is 19.6. The van der Waals surface area contributed by atoms with Gasteiger partial charge >= 0.3 is 0 Å². The van der Waals surface area contributed by atoms with E-state index in [9.17, 15) is 14.4 Å². The maximum atomic E-state index is 12.9. The molecule has 0 aliphatic carbocycles. The van der Waals surface area contributed by atoms with Crippen molar-refractivity contribution in [2.45, 2.75) is 46.1 Å². The number of pyridine rings is 1. The van der Waals surface area contributed by atoms with Gasteiger partial charge < -0.3 is 15.1 Å². The molecular weight excluding hydrogens is 344 g/mol. The molecule has 0 aromatic carbocycles. The molecule has 0 radical (unpaired) electrons. The standard InChI is InChI=1S/C20H28N4O3/c1-13(2)24-12-16(9-18(24)25)20(27)23-8-4-5-15(11-23)19(26)22-17-7-6-14(3)10-21-17/h6-7,10,13,15-16H,4-5,8-9,11-12H2,1-3H3,(H,21,22,26). The van der Waals surface area contributed by atoms with Crippen LogP contribution >= 0.6 is 0 Å². The van der Waals surface area contributed by atoms with E-state index >= 15 is 0 Å². The van der Waals surface area contributed by atoms with Gasteiger partial charge in [-0.05, 0) is 45.2 Å². The van der Waals surface area contributed by atoms with Gasteiger partial charge in [-0.15, -0.1) is 0 Å². The van der Waals surface area contributed by atoms with E-state index in [4.69, 9.17) is 0 Å². The Kier molecular flexibility index (Phi) is 5.77. The second-order valence-electron chi connectivity index (χ2n) is 7.87. The topological polar surface area (TPSA) is 82.6 Å². The average molecular weight is 372 g/mol. The van der Waals surface area contributed by atoms with Crippen LogP contribution in [0, 0.1) is 18.8 Å². The number of aromatic nitrogens is 1. The van der Waals surface area contributed by atoms with Crippen molar-refractivity contribution in [3.05, 3.63) is 23.9 Å². The minimum absolute atomic E-state index is 0.00235. The molecule has 3 heterocycles. The van der Waals surface area contributed by atoms with Crippen LogP contribution < -0.4 is 5.32 Å². The summed E-state index contributed by atoms with van der Waals surface area (Å²) >= 11 is 0. The minimum Gasteiger partial charge on any atom is -0.342 e. The molecule has 2 aliphatic heterocycles. The van der Waals surface area contributed by atoms with Gasteiger partial charge in [0.2, 0.25) is 17.7 Å². The molecule has 7 heteroatoms. The molecule has 1 aromatic heterocycles. The fourth-order valence-electron chi connectivity index (χ4n) is 3.82. The first kappa shape index (κ1) is 19.3. The molecule has 0 spiro atoms. The van der Waals surface area contributed by atoms with E-state index < -0.39 is 0 Å². The van der Waals surface area contributed by atoms with Gasteiger partial charge in [-0.2, -0.15) is 0 Å². The number of aryl methyl sites for hydroxylation is 1. The molecule has 2 atom stereocenters. The fourth-order valence-corrected chi connectivity index (χ4v) is 3.82. The van der Waals surface area contributed by atoms with Gasteiger partial charge in [0.1, 0.15) is 5.82 Å². The molecule has 7 nitrogen and oxygen atoms in total. The van der Waals surface area contributed by atoms with Crippen molar-refractivity contribution in [2.24, 2.45) is 11.8 Å². The summed E-state index contributed by atoms with van der Waals surface area (Å²) in [6, 6.07) is 3.79. The van der Waals surface area contributed by atoms with Gasteiger partial charge in [0.15, 0.2) is 0 Å². The van der Waals surface area contributed by atoms with Gasteiger partial charge in [-0.3, -0.25) is 14.4 Å². The summed E-state index contributed by atoms with van der Waals surface area (Å²) in [5.74, 6) is -0.0692. The van der Waals surface area contributed by atoms with E-state index in [1.807, 2.05) is 26.8 Å². The molecule has 2 fully saturated rings. The third-order valence-electron chi connectivity index (χ3n) is 5.40. The lowest BCUT2D eigenvalue weighted by molar-refractivity contribution is -0.138. The zero-order valence-corrected chi connectivity index (χ0v) is 16.3. The summed E-state index contributed by atoms with van der Waals surface area (Å²) < 4.78 is 0. The quantitative estimate of drug-likeness (QED) is 0.874. The molecule has 3 rings (SSSR count). The Labute approximate surface area is 160 Å². The molecule has 2 saturated heterocycles. The molecular formula is C20H28N4O3. The highest BCUT2D eigenvalue weighted by Gasteiger charge is 2.39. The van der Waals surface area contributed by atoms with Crippen molar-refractivity contribution in [3.63, 3.8) is 0 Å². The fraction of sp³-hybridized carbons (Fsp3) is 0.600. The number of nitrogens with one attached hydrogen (secondary N) is 1. The van der Waals surface area contributed by atoms with E-state index in [2.05, 4.69) is 10.3 Å². The third-order valence-corrected chi connectivity index (χ3v) is 5.40. The molecule has 1 aromatic rings. The highest BCUT2D eigenvalue weighted by atomic mass is 16.2.